The van der Waals surface area contributed by atoms with Gasteiger partial charge in [0.2, 0.25) is 5.91 Å². The molecule has 0 aliphatic heterocycles. The number of hydrogen-bond acceptors (Lipinski definition) is 2. The topological polar surface area (TPSA) is 23.6 Å². The van der Waals surface area contributed by atoms with Crippen molar-refractivity contribution >= 4 is 5.91 Å². The van der Waals surface area contributed by atoms with Crippen molar-refractivity contribution in [2.45, 2.75) is 33.2 Å². The monoisotopic (exact) mass is 200 g/mol. The van der Waals surface area contributed by atoms with Crippen LogP contribution < -0.4 is 0 Å². The van der Waals surface area contributed by atoms with Gasteiger partial charge in [0.25, 0.3) is 0 Å². The average molecular weight is 200 g/mol. The van der Waals surface area contributed by atoms with E-state index in [1.807, 2.05) is 44.8 Å². The summed E-state index contributed by atoms with van der Waals surface area (Å²) in [6.07, 6.45) is 0. The Hall–Kier alpha value is -0.570. The molecule has 0 aromatic carbocycles. The van der Waals surface area contributed by atoms with Gasteiger partial charge < -0.3 is 4.90 Å². The van der Waals surface area contributed by atoms with E-state index in [-0.39, 0.29) is 5.91 Å². The van der Waals surface area contributed by atoms with E-state index in [4.69, 9.17) is 0 Å². The molecule has 14 heavy (non-hydrogen) atoms. The van der Waals surface area contributed by atoms with Gasteiger partial charge in [-0.15, -0.1) is 0 Å². The summed E-state index contributed by atoms with van der Waals surface area (Å²) in [5, 5.41) is 0. The van der Waals surface area contributed by atoms with Gasteiger partial charge in [-0.05, 0) is 33.9 Å². The minimum atomic E-state index is -0.413. The van der Waals surface area contributed by atoms with E-state index >= 15 is 0 Å². The third kappa shape index (κ3) is 3.29. The lowest BCUT2D eigenvalue weighted by Gasteiger charge is -2.35. The standard InChI is InChI=1S/C11H24N2O/c1-9(2)8-13(7)10(14)11(3,4)12(5)6/h9H,8H2,1-7H3. The Balaban J connectivity index is 4.45. The Morgan fingerprint density at radius 1 is 1.21 bits per heavy atom. The molecule has 0 radical (unpaired) electrons. The summed E-state index contributed by atoms with van der Waals surface area (Å²) in [7, 11) is 5.73. The maximum absolute atomic E-state index is 12.0. The molecule has 3 nitrogen and oxygen atoms in total. The van der Waals surface area contributed by atoms with Crippen LogP contribution in [0.2, 0.25) is 0 Å². The van der Waals surface area contributed by atoms with Crippen LogP contribution in [0.4, 0.5) is 0 Å². The van der Waals surface area contributed by atoms with Crippen molar-refractivity contribution in [1.29, 1.82) is 0 Å². The van der Waals surface area contributed by atoms with Crippen molar-refractivity contribution in [3.05, 3.63) is 0 Å². The molecule has 0 aromatic heterocycles. The summed E-state index contributed by atoms with van der Waals surface area (Å²) in [5.74, 6) is 0.693. The van der Waals surface area contributed by atoms with Gasteiger partial charge in [0.15, 0.2) is 0 Å². The Morgan fingerprint density at radius 2 is 1.64 bits per heavy atom. The van der Waals surface area contributed by atoms with Crippen LogP contribution in [0.1, 0.15) is 27.7 Å². The molecule has 84 valence electrons. The molecule has 3 heteroatoms. The predicted molar refractivity (Wildman–Crippen MR) is 60.2 cm³/mol. The third-order valence-electron chi connectivity index (χ3n) is 2.63. The summed E-state index contributed by atoms with van der Waals surface area (Å²) < 4.78 is 0. The van der Waals surface area contributed by atoms with Crippen molar-refractivity contribution in [3.63, 3.8) is 0 Å². The van der Waals surface area contributed by atoms with Gasteiger partial charge in [-0.25, -0.2) is 0 Å². The molecule has 0 rings (SSSR count). The summed E-state index contributed by atoms with van der Waals surface area (Å²) in [5.41, 5.74) is -0.413. The fourth-order valence-electron chi connectivity index (χ4n) is 1.29. The summed E-state index contributed by atoms with van der Waals surface area (Å²) in [4.78, 5) is 15.8. The maximum atomic E-state index is 12.0. The van der Waals surface area contributed by atoms with Gasteiger partial charge >= 0.3 is 0 Å². The van der Waals surface area contributed by atoms with E-state index in [9.17, 15) is 4.79 Å². The average Bonchev–Trinajstić information content (AvgIpc) is 2.01. The van der Waals surface area contributed by atoms with E-state index in [1.54, 1.807) is 0 Å². The highest BCUT2D eigenvalue weighted by molar-refractivity contribution is 5.85. The first-order valence-corrected chi connectivity index (χ1v) is 5.12. The lowest BCUT2D eigenvalue weighted by atomic mass is 10.0. The Labute approximate surface area is 88.1 Å². The molecule has 0 aliphatic carbocycles. The van der Waals surface area contributed by atoms with Crippen molar-refractivity contribution in [1.82, 2.24) is 9.80 Å². The van der Waals surface area contributed by atoms with Gasteiger partial charge in [-0.3, -0.25) is 9.69 Å². The molecule has 0 heterocycles. The molecule has 1 amide bonds. The smallest absolute Gasteiger partial charge is 0.242 e. The first-order valence-electron chi connectivity index (χ1n) is 5.12. The molecule has 0 N–H and O–H groups in total. The van der Waals surface area contributed by atoms with Gasteiger partial charge in [0, 0.05) is 13.6 Å². The minimum Gasteiger partial charge on any atom is -0.344 e. The van der Waals surface area contributed by atoms with Crippen LogP contribution in [-0.2, 0) is 4.79 Å². The molecule has 0 aromatic rings. The lowest BCUT2D eigenvalue weighted by molar-refractivity contribution is -0.140. The van der Waals surface area contributed by atoms with Crippen molar-refractivity contribution in [2.24, 2.45) is 5.92 Å². The first-order chi connectivity index (χ1) is 6.19. The number of hydrogen-bond donors (Lipinski definition) is 0. The number of likely N-dealkylation sites (N-methyl/N-ethyl adjacent to an activating group) is 2. The summed E-state index contributed by atoms with van der Waals surface area (Å²) in [6.45, 7) is 8.95. The highest BCUT2D eigenvalue weighted by atomic mass is 16.2. The Morgan fingerprint density at radius 3 is 1.93 bits per heavy atom. The second-order valence-corrected chi connectivity index (χ2v) is 5.03. The molecule has 0 aliphatic rings. The number of carbonyl (C=O) groups is 1. The van der Waals surface area contributed by atoms with E-state index < -0.39 is 5.54 Å². The molecular formula is C11H24N2O. The molecule has 0 saturated carbocycles. The molecule has 0 saturated heterocycles. The zero-order chi connectivity index (χ0) is 11.5. The minimum absolute atomic E-state index is 0.177. The first kappa shape index (κ1) is 13.4. The largest absolute Gasteiger partial charge is 0.344 e. The van der Waals surface area contributed by atoms with Crippen molar-refractivity contribution < 1.29 is 4.79 Å². The van der Waals surface area contributed by atoms with Crippen LogP contribution in [0.15, 0.2) is 0 Å². The Kier molecular flexibility index (Phi) is 4.59. The number of nitrogens with zero attached hydrogens (tertiary/aromatic N) is 2. The van der Waals surface area contributed by atoms with Gasteiger partial charge in [-0.1, -0.05) is 13.8 Å². The molecular weight excluding hydrogens is 176 g/mol. The van der Waals surface area contributed by atoms with Crippen LogP contribution in [-0.4, -0.2) is 48.9 Å². The van der Waals surface area contributed by atoms with Crippen LogP contribution >= 0.6 is 0 Å². The van der Waals surface area contributed by atoms with Gasteiger partial charge in [-0.2, -0.15) is 0 Å². The highest BCUT2D eigenvalue weighted by Crippen LogP contribution is 2.14. The van der Waals surface area contributed by atoms with Gasteiger partial charge in [0.05, 0.1) is 5.54 Å². The molecule has 0 bridgehead atoms. The maximum Gasteiger partial charge on any atom is 0.242 e. The third-order valence-corrected chi connectivity index (χ3v) is 2.63. The van der Waals surface area contributed by atoms with E-state index in [1.165, 1.54) is 0 Å². The van der Waals surface area contributed by atoms with Gasteiger partial charge in [0.1, 0.15) is 0 Å². The van der Waals surface area contributed by atoms with Crippen molar-refractivity contribution in [2.75, 3.05) is 27.7 Å². The van der Waals surface area contributed by atoms with E-state index in [2.05, 4.69) is 13.8 Å². The van der Waals surface area contributed by atoms with Crippen LogP contribution in [0.5, 0.6) is 0 Å². The zero-order valence-corrected chi connectivity index (χ0v) is 10.6. The number of amides is 1. The summed E-state index contributed by atoms with van der Waals surface area (Å²) in [6, 6.07) is 0. The Bertz CT molecular complexity index is 197. The summed E-state index contributed by atoms with van der Waals surface area (Å²) >= 11 is 0. The molecule has 0 fully saturated rings. The highest BCUT2D eigenvalue weighted by Gasteiger charge is 2.32. The van der Waals surface area contributed by atoms with Crippen LogP contribution in [0.25, 0.3) is 0 Å². The van der Waals surface area contributed by atoms with Crippen LogP contribution in [0.3, 0.4) is 0 Å². The van der Waals surface area contributed by atoms with Crippen molar-refractivity contribution in [3.8, 4) is 0 Å². The normalized spacial score (nSPS) is 12.4. The quantitative estimate of drug-likeness (QED) is 0.685. The van der Waals surface area contributed by atoms with E-state index in [0.29, 0.717) is 5.92 Å². The number of carbonyl (C=O) groups excluding carboxylic acids is 1. The second-order valence-electron chi connectivity index (χ2n) is 5.03. The number of rotatable bonds is 4. The SMILES string of the molecule is CC(C)CN(C)C(=O)C(C)(C)N(C)C. The van der Waals surface area contributed by atoms with Crippen LogP contribution in [0, 0.1) is 5.92 Å². The zero-order valence-electron chi connectivity index (χ0n) is 10.6. The predicted octanol–water partition coefficient (Wildman–Crippen LogP) is 1.44. The van der Waals surface area contributed by atoms with E-state index in [0.717, 1.165) is 6.54 Å². The molecule has 0 atom stereocenters. The fourth-order valence-corrected chi connectivity index (χ4v) is 1.29. The molecule has 0 unspecified atom stereocenters. The fraction of sp³-hybridized carbons (Fsp3) is 0.909. The molecule has 0 spiro atoms. The lowest BCUT2D eigenvalue weighted by Crippen LogP contribution is -2.52. The second kappa shape index (κ2) is 4.78.